The Bertz CT molecular complexity index is 1250. The van der Waals surface area contributed by atoms with E-state index >= 15 is 0 Å². The van der Waals surface area contributed by atoms with Crippen molar-refractivity contribution in [3.8, 4) is 10.9 Å². The van der Waals surface area contributed by atoms with E-state index < -0.39 is 5.60 Å². The molecule has 0 radical (unpaired) electrons. The summed E-state index contributed by atoms with van der Waals surface area (Å²) in [4.78, 5) is 25.0. The van der Waals surface area contributed by atoms with Gasteiger partial charge in [0.2, 0.25) is 0 Å². The lowest BCUT2D eigenvalue weighted by atomic mass is 10.1. The van der Waals surface area contributed by atoms with E-state index in [4.69, 9.17) is 13.9 Å². The van der Waals surface area contributed by atoms with Crippen LogP contribution in [0.5, 0.6) is 10.9 Å². The van der Waals surface area contributed by atoms with Crippen molar-refractivity contribution < 1.29 is 18.7 Å². The highest BCUT2D eigenvalue weighted by atomic mass is 32.1. The van der Waals surface area contributed by atoms with Gasteiger partial charge in [0.25, 0.3) is 5.19 Å². The largest absolute Gasteiger partial charge is 0.464 e. The van der Waals surface area contributed by atoms with Crippen molar-refractivity contribution >= 4 is 38.7 Å². The lowest BCUT2D eigenvalue weighted by molar-refractivity contribution is 0.0139. The molecule has 9 heteroatoms. The van der Waals surface area contributed by atoms with Crippen LogP contribution in [0.2, 0.25) is 0 Å². The SMILES string of the molecule is CC(C)(C)OC(=O)N1CCN(Cc2coc3cc(Oc4nc5ncccc5s4)ccc23)CC1. The first kappa shape index (κ1) is 21.7. The Hall–Kier alpha value is -3.17. The molecule has 172 valence electrons. The van der Waals surface area contributed by atoms with Crippen LogP contribution in [0.1, 0.15) is 26.3 Å². The van der Waals surface area contributed by atoms with Crippen molar-refractivity contribution in [2.24, 2.45) is 0 Å². The average Bonchev–Trinajstić information content (AvgIpc) is 3.36. The van der Waals surface area contributed by atoms with Crippen LogP contribution in [0.4, 0.5) is 4.79 Å². The molecule has 0 spiro atoms. The normalized spacial score (nSPS) is 15.3. The van der Waals surface area contributed by atoms with Crippen LogP contribution in [0.25, 0.3) is 21.3 Å². The number of rotatable bonds is 4. The molecule has 1 saturated heterocycles. The Kier molecular flexibility index (Phi) is 5.67. The Labute approximate surface area is 195 Å². The molecule has 1 aliphatic heterocycles. The van der Waals surface area contributed by atoms with E-state index in [0.29, 0.717) is 29.7 Å². The lowest BCUT2D eigenvalue weighted by Gasteiger charge is -2.35. The number of furan rings is 1. The molecule has 4 aromatic rings. The van der Waals surface area contributed by atoms with E-state index in [1.165, 1.54) is 11.3 Å². The number of carbonyl (C=O) groups excluding carboxylic acids is 1. The van der Waals surface area contributed by atoms with E-state index in [2.05, 4.69) is 14.9 Å². The fraction of sp³-hybridized carbons (Fsp3) is 0.375. The van der Waals surface area contributed by atoms with Crippen molar-refractivity contribution in [1.29, 1.82) is 0 Å². The number of ether oxygens (including phenoxy) is 2. The molecule has 1 fully saturated rings. The lowest BCUT2D eigenvalue weighted by Crippen LogP contribution is -2.49. The van der Waals surface area contributed by atoms with Gasteiger partial charge in [-0.05, 0) is 45.0 Å². The number of fused-ring (bicyclic) bond motifs is 2. The molecule has 3 aromatic heterocycles. The van der Waals surface area contributed by atoms with Gasteiger partial charge in [-0.3, -0.25) is 4.90 Å². The smallest absolute Gasteiger partial charge is 0.410 e. The summed E-state index contributed by atoms with van der Waals surface area (Å²) >= 11 is 1.46. The zero-order valence-corrected chi connectivity index (χ0v) is 19.7. The Morgan fingerprint density at radius 2 is 2.00 bits per heavy atom. The maximum atomic E-state index is 12.3. The fourth-order valence-corrected chi connectivity index (χ4v) is 4.59. The molecule has 1 aromatic carbocycles. The highest BCUT2D eigenvalue weighted by Gasteiger charge is 2.26. The third-order valence-electron chi connectivity index (χ3n) is 5.40. The van der Waals surface area contributed by atoms with E-state index in [9.17, 15) is 4.79 Å². The number of carbonyl (C=O) groups is 1. The monoisotopic (exact) mass is 466 g/mol. The number of benzene rings is 1. The molecule has 33 heavy (non-hydrogen) atoms. The van der Waals surface area contributed by atoms with Crippen LogP contribution in [0.15, 0.2) is 47.2 Å². The molecule has 5 rings (SSSR count). The average molecular weight is 467 g/mol. The topological polar surface area (TPSA) is 80.9 Å². The van der Waals surface area contributed by atoms with Crippen LogP contribution in [-0.2, 0) is 11.3 Å². The minimum atomic E-state index is -0.476. The quantitative estimate of drug-likeness (QED) is 0.405. The predicted molar refractivity (Wildman–Crippen MR) is 127 cm³/mol. The second kappa shape index (κ2) is 8.64. The molecule has 8 nitrogen and oxygen atoms in total. The third-order valence-corrected chi connectivity index (χ3v) is 6.28. The Balaban J connectivity index is 1.22. The summed E-state index contributed by atoms with van der Waals surface area (Å²) < 4.78 is 18.2. The van der Waals surface area contributed by atoms with Crippen LogP contribution in [0.3, 0.4) is 0 Å². The summed E-state index contributed by atoms with van der Waals surface area (Å²) in [5, 5.41) is 1.61. The number of nitrogens with zero attached hydrogens (tertiary/aromatic N) is 4. The molecular weight excluding hydrogens is 440 g/mol. The molecule has 1 aliphatic rings. The van der Waals surface area contributed by atoms with Crippen LogP contribution in [0, 0.1) is 0 Å². The van der Waals surface area contributed by atoms with Gasteiger partial charge in [-0.1, -0.05) is 11.3 Å². The van der Waals surface area contributed by atoms with Crippen LogP contribution < -0.4 is 4.74 Å². The van der Waals surface area contributed by atoms with Crippen LogP contribution in [-0.4, -0.2) is 57.6 Å². The molecule has 1 amide bonds. The predicted octanol–water partition coefficient (Wildman–Crippen LogP) is 5.28. The second-order valence-electron chi connectivity index (χ2n) is 9.07. The first-order chi connectivity index (χ1) is 15.8. The number of hydrogen-bond donors (Lipinski definition) is 0. The van der Waals surface area contributed by atoms with Crippen molar-refractivity contribution in [2.75, 3.05) is 26.2 Å². The van der Waals surface area contributed by atoms with Crippen molar-refractivity contribution in [3.63, 3.8) is 0 Å². The van der Waals surface area contributed by atoms with E-state index in [0.717, 1.165) is 40.9 Å². The number of hydrogen-bond acceptors (Lipinski definition) is 8. The van der Waals surface area contributed by atoms with Crippen molar-refractivity contribution in [3.05, 3.63) is 48.4 Å². The van der Waals surface area contributed by atoms with Gasteiger partial charge in [0.15, 0.2) is 5.65 Å². The summed E-state index contributed by atoms with van der Waals surface area (Å²) in [6.07, 6.45) is 3.28. The molecule has 0 unspecified atom stereocenters. The van der Waals surface area contributed by atoms with Gasteiger partial charge >= 0.3 is 6.09 Å². The Morgan fingerprint density at radius 1 is 1.18 bits per heavy atom. The summed E-state index contributed by atoms with van der Waals surface area (Å²) in [6, 6.07) is 9.70. The van der Waals surface area contributed by atoms with Crippen molar-refractivity contribution in [2.45, 2.75) is 32.9 Å². The highest BCUT2D eigenvalue weighted by molar-refractivity contribution is 7.20. The van der Waals surface area contributed by atoms with Gasteiger partial charge in [-0.15, -0.1) is 0 Å². The van der Waals surface area contributed by atoms with Gasteiger partial charge in [0.1, 0.15) is 16.9 Å². The maximum Gasteiger partial charge on any atom is 0.410 e. The van der Waals surface area contributed by atoms with E-state index in [1.807, 2.05) is 51.1 Å². The fourth-order valence-electron chi connectivity index (χ4n) is 3.80. The molecule has 0 aliphatic carbocycles. The second-order valence-corrected chi connectivity index (χ2v) is 10.1. The third kappa shape index (κ3) is 4.94. The summed E-state index contributed by atoms with van der Waals surface area (Å²) in [6.45, 7) is 9.31. The Morgan fingerprint density at radius 3 is 2.76 bits per heavy atom. The molecule has 0 bridgehead atoms. The highest BCUT2D eigenvalue weighted by Crippen LogP contribution is 2.33. The number of amides is 1. The van der Waals surface area contributed by atoms with Gasteiger partial charge < -0.3 is 18.8 Å². The van der Waals surface area contributed by atoms with Gasteiger partial charge in [-0.2, -0.15) is 4.98 Å². The molecule has 0 atom stereocenters. The van der Waals surface area contributed by atoms with Gasteiger partial charge in [0.05, 0.1) is 11.0 Å². The zero-order chi connectivity index (χ0) is 23.0. The van der Waals surface area contributed by atoms with Gasteiger partial charge in [0, 0.05) is 55.9 Å². The molecular formula is C24H26N4O4S. The van der Waals surface area contributed by atoms with Gasteiger partial charge in [-0.25, -0.2) is 9.78 Å². The minimum absolute atomic E-state index is 0.243. The standard InChI is InChI=1S/C24H26N4O4S/c1-24(2,3)32-23(29)28-11-9-27(10-12-28)14-16-15-30-19-13-17(6-7-18(16)19)31-22-26-21-20(33-22)5-4-8-25-21/h4-8,13,15H,9-12,14H2,1-3H3. The number of pyridine rings is 1. The van der Waals surface area contributed by atoms with Crippen molar-refractivity contribution in [1.82, 2.24) is 19.8 Å². The first-order valence-electron chi connectivity index (χ1n) is 10.9. The number of aromatic nitrogens is 2. The molecule has 0 N–H and O–H groups in total. The van der Waals surface area contributed by atoms with E-state index in [1.54, 1.807) is 17.4 Å². The first-order valence-corrected chi connectivity index (χ1v) is 11.8. The number of piperazine rings is 1. The summed E-state index contributed by atoms with van der Waals surface area (Å²) in [7, 11) is 0. The summed E-state index contributed by atoms with van der Waals surface area (Å²) in [5.74, 6) is 0.674. The van der Waals surface area contributed by atoms with Crippen LogP contribution >= 0.6 is 11.3 Å². The number of thiazole rings is 1. The molecule has 4 heterocycles. The summed E-state index contributed by atoms with van der Waals surface area (Å²) in [5.41, 5.74) is 2.10. The van der Waals surface area contributed by atoms with E-state index in [-0.39, 0.29) is 6.09 Å². The minimum Gasteiger partial charge on any atom is -0.464 e. The maximum absolute atomic E-state index is 12.3. The molecule has 0 saturated carbocycles. The zero-order valence-electron chi connectivity index (χ0n) is 18.9.